The van der Waals surface area contributed by atoms with Gasteiger partial charge in [-0.3, -0.25) is 14.9 Å². The molecule has 1 aliphatic heterocycles. The monoisotopic (exact) mass is 368 g/mol. The lowest BCUT2D eigenvalue weighted by atomic mass is 10.2. The highest BCUT2D eigenvalue weighted by Gasteiger charge is 2.33. The number of benzene rings is 2. The molecule has 1 N–H and O–H groups in total. The van der Waals surface area contributed by atoms with Crippen molar-refractivity contribution in [3.05, 3.63) is 65.7 Å². The number of anilines is 1. The molecule has 8 heteroatoms. The second kappa shape index (κ2) is 8.13. The van der Waals surface area contributed by atoms with Crippen LogP contribution in [0.3, 0.4) is 0 Å². The van der Waals surface area contributed by atoms with Gasteiger partial charge in [0, 0.05) is 18.5 Å². The topological polar surface area (TPSA) is 102 Å². The Morgan fingerprint density at radius 2 is 1.67 bits per heavy atom. The first kappa shape index (κ1) is 18.1. The largest absolute Gasteiger partial charge is 0.444 e. The number of hydrogen-bond donors (Lipinski definition) is 1. The van der Waals surface area contributed by atoms with E-state index in [1.165, 1.54) is 18.2 Å². The van der Waals surface area contributed by atoms with Crippen LogP contribution in [0.15, 0.2) is 54.6 Å². The van der Waals surface area contributed by atoms with Crippen LogP contribution in [0.25, 0.3) is 0 Å². The van der Waals surface area contributed by atoms with Gasteiger partial charge in [0.15, 0.2) is 0 Å². The summed E-state index contributed by atoms with van der Waals surface area (Å²) in [5.41, 5.74) is 1.22. The van der Waals surface area contributed by atoms with Crippen molar-refractivity contribution in [2.45, 2.75) is 19.4 Å². The van der Waals surface area contributed by atoms with Crippen molar-refractivity contribution in [3.8, 4) is 0 Å². The summed E-state index contributed by atoms with van der Waals surface area (Å²) in [7, 11) is 0. The zero-order valence-electron chi connectivity index (χ0n) is 14.2. The Bertz CT molecular complexity index is 865. The van der Waals surface area contributed by atoms with Crippen molar-refractivity contribution in [1.29, 1.82) is 0 Å². The molecule has 0 saturated carbocycles. The summed E-state index contributed by atoms with van der Waals surface area (Å²) < 4.78 is 5.10. The van der Waals surface area contributed by atoms with Crippen LogP contribution in [-0.4, -0.2) is 28.9 Å². The Kier molecular flexibility index (Phi) is 5.46. The van der Waals surface area contributed by atoms with Crippen LogP contribution < -0.4 is 5.32 Å². The Balaban J connectivity index is 1.58. The molecule has 0 bridgehead atoms. The van der Waals surface area contributed by atoms with Gasteiger partial charge in [0.1, 0.15) is 6.61 Å². The predicted molar refractivity (Wildman–Crippen MR) is 93.2 cm³/mol. The lowest BCUT2D eigenvalue weighted by Gasteiger charge is -2.13. The number of hydrogen-bond acceptors (Lipinski definition) is 6. The van der Waals surface area contributed by atoms with Gasteiger partial charge in [-0.1, -0.05) is 36.4 Å². The fourth-order valence-corrected chi connectivity index (χ4v) is 2.39. The fraction of sp³-hybridized carbons (Fsp3) is 0.158. The standard InChI is InChI=1S/C19H16N2O6/c22-16-9-10-17(23)21(16)27-18(24)14-7-4-8-15(11-14)20-19(25)26-12-13-5-2-1-3-6-13/h1-8,11H,9-10,12H2,(H,20,25). The number of amides is 3. The number of nitrogens with zero attached hydrogens (tertiary/aromatic N) is 1. The molecule has 8 nitrogen and oxygen atoms in total. The van der Waals surface area contributed by atoms with Crippen LogP contribution in [0.4, 0.5) is 10.5 Å². The molecule has 2 aromatic carbocycles. The molecule has 0 unspecified atom stereocenters. The Morgan fingerprint density at radius 1 is 0.963 bits per heavy atom. The summed E-state index contributed by atoms with van der Waals surface area (Å²) in [4.78, 5) is 51.9. The van der Waals surface area contributed by atoms with Crippen LogP contribution in [-0.2, 0) is 25.8 Å². The van der Waals surface area contributed by atoms with E-state index in [9.17, 15) is 19.2 Å². The van der Waals surface area contributed by atoms with E-state index in [0.29, 0.717) is 10.8 Å². The maximum atomic E-state index is 12.1. The Labute approximate surface area is 154 Å². The minimum Gasteiger partial charge on any atom is -0.444 e. The molecule has 0 atom stereocenters. The predicted octanol–water partition coefficient (Wildman–Crippen LogP) is 2.66. The first-order chi connectivity index (χ1) is 13.0. The van der Waals surface area contributed by atoms with Gasteiger partial charge in [-0.15, -0.1) is 5.06 Å². The van der Waals surface area contributed by atoms with Crippen molar-refractivity contribution >= 4 is 29.6 Å². The van der Waals surface area contributed by atoms with Gasteiger partial charge in [-0.25, -0.2) is 9.59 Å². The third-order valence-electron chi connectivity index (χ3n) is 3.74. The normalized spacial score (nSPS) is 13.4. The number of carbonyl (C=O) groups is 4. The minimum absolute atomic E-state index is 0.0148. The summed E-state index contributed by atoms with van der Waals surface area (Å²) in [5.74, 6) is -2.00. The van der Waals surface area contributed by atoms with Crippen LogP contribution in [0.1, 0.15) is 28.8 Å². The molecule has 138 valence electrons. The average Bonchev–Trinajstić information content (AvgIpc) is 2.99. The number of carbonyl (C=O) groups excluding carboxylic acids is 4. The van der Waals surface area contributed by atoms with E-state index in [0.717, 1.165) is 5.56 Å². The van der Waals surface area contributed by atoms with Crippen molar-refractivity contribution in [2.24, 2.45) is 0 Å². The maximum Gasteiger partial charge on any atom is 0.411 e. The molecule has 2 aromatic rings. The molecule has 3 amide bonds. The van der Waals surface area contributed by atoms with E-state index in [2.05, 4.69) is 5.32 Å². The highest BCUT2D eigenvalue weighted by atomic mass is 16.7. The number of hydroxylamine groups is 2. The summed E-state index contributed by atoms with van der Waals surface area (Å²) in [6, 6.07) is 15.1. The minimum atomic E-state index is -0.875. The molecule has 27 heavy (non-hydrogen) atoms. The van der Waals surface area contributed by atoms with E-state index in [1.807, 2.05) is 30.3 Å². The van der Waals surface area contributed by atoms with Gasteiger partial charge in [-0.2, -0.15) is 0 Å². The van der Waals surface area contributed by atoms with E-state index >= 15 is 0 Å². The Hall–Kier alpha value is -3.68. The number of rotatable bonds is 5. The van der Waals surface area contributed by atoms with Gasteiger partial charge >= 0.3 is 12.1 Å². The number of ether oxygens (including phenoxy) is 1. The fourth-order valence-electron chi connectivity index (χ4n) is 2.39. The third kappa shape index (κ3) is 4.69. The lowest BCUT2D eigenvalue weighted by molar-refractivity contribution is -0.172. The molecule has 0 aliphatic carbocycles. The highest BCUT2D eigenvalue weighted by molar-refractivity contribution is 6.03. The molecule has 1 heterocycles. The van der Waals surface area contributed by atoms with Crippen molar-refractivity contribution in [3.63, 3.8) is 0 Å². The van der Waals surface area contributed by atoms with E-state index in [1.54, 1.807) is 6.07 Å². The molecule has 1 saturated heterocycles. The molecule has 1 fully saturated rings. The molecule has 0 radical (unpaired) electrons. The van der Waals surface area contributed by atoms with Gasteiger partial charge in [0.25, 0.3) is 11.8 Å². The second-order valence-corrected chi connectivity index (χ2v) is 5.73. The first-order valence-electron chi connectivity index (χ1n) is 8.19. The molecule has 0 aromatic heterocycles. The molecule has 1 aliphatic rings. The van der Waals surface area contributed by atoms with Crippen LogP contribution in [0, 0.1) is 0 Å². The number of imide groups is 1. The second-order valence-electron chi connectivity index (χ2n) is 5.73. The molecule has 3 rings (SSSR count). The summed E-state index contributed by atoms with van der Waals surface area (Å²) in [6.45, 7) is 0.105. The molecular formula is C19H16N2O6. The smallest absolute Gasteiger partial charge is 0.411 e. The van der Waals surface area contributed by atoms with Gasteiger partial charge in [-0.05, 0) is 23.8 Å². The van der Waals surface area contributed by atoms with Crippen LogP contribution in [0.5, 0.6) is 0 Å². The van der Waals surface area contributed by atoms with Crippen LogP contribution in [0.2, 0.25) is 0 Å². The van der Waals surface area contributed by atoms with Gasteiger partial charge in [0.05, 0.1) is 5.56 Å². The Morgan fingerprint density at radius 3 is 2.37 bits per heavy atom. The van der Waals surface area contributed by atoms with Crippen molar-refractivity contribution in [2.75, 3.05) is 5.32 Å². The molecule has 0 spiro atoms. The first-order valence-corrected chi connectivity index (χ1v) is 8.19. The zero-order chi connectivity index (χ0) is 19.2. The van der Waals surface area contributed by atoms with E-state index < -0.39 is 23.9 Å². The quantitative estimate of drug-likeness (QED) is 0.814. The SMILES string of the molecule is O=C(Nc1cccc(C(=O)ON2C(=O)CCC2=O)c1)OCc1ccccc1. The summed E-state index contributed by atoms with van der Waals surface area (Å²) >= 11 is 0. The lowest BCUT2D eigenvalue weighted by Crippen LogP contribution is -2.32. The average molecular weight is 368 g/mol. The maximum absolute atomic E-state index is 12.1. The van der Waals surface area contributed by atoms with Gasteiger partial charge < -0.3 is 9.57 Å². The van der Waals surface area contributed by atoms with Crippen molar-refractivity contribution < 1.29 is 28.8 Å². The van der Waals surface area contributed by atoms with E-state index in [-0.39, 0.29) is 25.0 Å². The van der Waals surface area contributed by atoms with Crippen molar-refractivity contribution in [1.82, 2.24) is 5.06 Å². The number of nitrogens with one attached hydrogen (secondary N) is 1. The van der Waals surface area contributed by atoms with Gasteiger partial charge in [0.2, 0.25) is 0 Å². The zero-order valence-corrected chi connectivity index (χ0v) is 14.2. The highest BCUT2D eigenvalue weighted by Crippen LogP contribution is 2.16. The summed E-state index contributed by atoms with van der Waals surface area (Å²) in [6.07, 6.45) is -0.656. The summed E-state index contributed by atoms with van der Waals surface area (Å²) in [5, 5.41) is 2.97. The third-order valence-corrected chi connectivity index (χ3v) is 3.74. The van der Waals surface area contributed by atoms with Crippen LogP contribution >= 0.6 is 0 Å². The molecular weight excluding hydrogens is 352 g/mol. The van der Waals surface area contributed by atoms with E-state index in [4.69, 9.17) is 9.57 Å².